The topological polar surface area (TPSA) is 66.9 Å². The van der Waals surface area contributed by atoms with Crippen LogP contribution in [0.2, 0.25) is 0 Å². The van der Waals surface area contributed by atoms with Gasteiger partial charge in [-0.1, -0.05) is 12.8 Å². The molecule has 2 aromatic rings. The highest BCUT2D eigenvalue weighted by molar-refractivity contribution is 5.74. The molecule has 1 aliphatic carbocycles. The predicted molar refractivity (Wildman–Crippen MR) is 85.1 cm³/mol. The molecule has 5 nitrogen and oxygen atoms in total. The Balaban J connectivity index is 1.57. The van der Waals surface area contributed by atoms with Crippen LogP contribution in [0.1, 0.15) is 31.2 Å². The number of aromatic nitrogens is 2. The molecule has 0 radical (unpaired) electrons. The van der Waals surface area contributed by atoms with Crippen molar-refractivity contribution in [2.45, 2.75) is 38.3 Å². The molecule has 0 bridgehead atoms. The van der Waals surface area contributed by atoms with Gasteiger partial charge < -0.3 is 10.6 Å². The Morgan fingerprint density at radius 3 is 2.68 bits per heavy atom. The van der Waals surface area contributed by atoms with Crippen LogP contribution >= 0.6 is 0 Å². The Morgan fingerprint density at radius 1 is 1.14 bits per heavy atom. The van der Waals surface area contributed by atoms with Crippen molar-refractivity contribution in [3.8, 4) is 11.3 Å². The lowest BCUT2D eigenvalue weighted by molar-refractivity contribution is 0.236. The van der Waals surface area contributed by atoms with Gasteiger partial charge in [0.2, 0.25) is 0 Å². The van der Waals surface area contributed by atoms with E-state index in [1.165, 1.54) is 12.8 Å². The monoisotopic (exact) mass is 296 g/mol. The molecule has 0 atom stereocenters. The standard InChI is InChI=1S/C17H20N4O/c22-17(21-15-3-1-2-4-15)20-12-13-5-10-19-16(11-13)14-6-8-18-9-7-14/h5-11,15H,1-4,12H2,(H2,20,21,22). The van der Waals surface area contributed by atoms with Crippen molar-refractivity contribution in [1.29, 1.82) is 0 Å². The first-order chi connectivity index (χ1) is 10.8. The minimum atomic E-state index is -0.0887. The number of hydrogen-bond acceptors (Lipinski definition) is 3. The lowest BCUT2D eigenvalue weighted by Crippen LogP contribution is -2.40. The fourth-order valence-electron chi connectivity index (χ4n) is 2.75. The molecule has 2 amide bonds. The van der Waals surface area contributed by atoms with Gasteiger partial charge in [-0.3, -0.25) is 9.97 Å². The highest BCUT2D eigenvalue weighted by atomic mass is 16.2. The van der Waals surface area contributed by atoms with Crippen molar-refractivity contribution >= 4 is 6.03 Å². The van der Waals surface area contributed by atoms with Crippen LogP contribution in [-0.4, -0.2) is 22.0 Å². The van der Waals surface area contributed by atoms with E-state index in [0.717, 1.165) is 29.7 Å². The van der Waals surface area contributed by atoms with Gasteiger partial charge in [-0.05, 0) is 42.7 Å². The molecule has 114 valence electrons. The third kappa shape index (κ3) is 3.81. The zero-order valence-corrected chi connectivity index (χ0v) is 12.5. The quantitative estimate of drug-likeness (QED) is 0.911. The Morgan fingerprint density at radius 2 is 1.91 bits per heavy atom. The number of pyridine rings is 2. The number of nitrogens with zero attached hydrogens (tertiary/aromatic N) is 2. The third-order valence-corrected chi connectivity index (χ3v) is 3.94. The van der Waals surface area contributed by atoms with Crippen molar-refractivity contribution in [1.82, 2.24) is 20.6 Å². The molecule has 0 spiro atoms. The molecular weight excluding hydrogens is 276 g/mol. The molecule has 3 rings (SSSR count). The lowest BCUT2D eigenvalue weighted by Gasteiger charge is -2.13. The number of carbonyl (C=O) groups is 1. The summed E-state index contributed by atoms with van der Waals surface area (Å²) in [4.78, 5) is 20.3. The summed E-state index contributed by atoms with van der Waals surface area (Å²) in [5.41, 5.74) is 2.94. The zero-order chi connectivity index (χ0) is 15.2. The second-order valence-electron chi connectivity index (χ2n) is 5.59. The van der Waals surface area contributed by atoms with Gasteiger partial charge in [0, 0.05) is 36.7 Å². The van der Waals surface area contributed by atoms with Gasteiger partial charge in [0.05, 0.1) is 5.69 Å². The van der Waals surface area contributed by atoms with Gasteiger partial charge in [-0.25, -0.2) is 4.79 Å². The second kappa shape index (κ2) is 7.02. The molecule has 1 saturated carbocycles. The van der Waals surface area contributed by atoms with Crippen LogP contribution < -0.4 is 10.6 Å². The number of carbonyl (C=O) groups excluding carboxylic acids is 1. The Bertz CT molecular complexity index is 624. The molecule has 0 unspecified atom stereocenters. The molecule has 2 heterocycles. The van der Waals surface area contributed by atoms with E-state index in [4.69, 9.17) is 0 Å². The van der Waals surface area contributed by atoms with Crippen molar-refractivity contribution in [2.24, 2.45) is 0 Å². The highest BCUT2D eigenvalue weighted by Crippen LogP contribution is 2.18. The largest absolute Gasteiger partial charge is 0.335 e. The number of nitrogens with one attached hydrogen (secondary N) is 2. The van der Waals surface area contributed by atoms with Crippen molar-refractivity contribution in [3.05, 3.63) is 48.4 Å². The molecule has 5 heteroatoms. The molecule has 2 aromatic heterocycles. The minimum absolute atomic E-state index is 0.0887. The van der Waals surface area contributed by atoms with Gasteiger partial charge in [-0.15, -0.1) is 0 Å². The van der Waals surface area contributed by atoms with E-state index in [0.29, 0.717) is 12.6 Å². The van der Waals surface area contributed by atoms with E-state index in [1.54, 1.807) is 18.6 Å². The van der Waals surface area contributed by atoms with E-state index in [-0.39, 0.29) is 6.03 Å². The van der Waals surface area contributed by atoms with Gasteiger partial charge >= 0.3 is 6.03 Å². The second-order valence-corrected chi connectivity index (χ2v) is 5.59. The Kier molecular flexibility index (Phi) is 4.63. The van der Waals surface area contributed by atoms with Crippen molar-refractivity contribution < 1.29 is 4.79 Å². The van der Waals surface area contributed by atoms with Crippen LogP contribution in [0.4, 0.5) is 4.79 Å². The third-order valence-electron chi connectivity index (χ3n) is 3.94. The Hall–Kier alpha value is -2.43. The average molecular weight is 296 g/mol. The number of hydrogen-bond donors (Lipinski definition) is 2. The van der Waals surface area contributed by atoms with Gasteiger partial charge in [-0.2, -0.15) is 0 Å². The van der Waals surface area contributed by atoms with E-state index >= 15 is 0 Å². The van der Waals surface area contributed by atoms with Crippen LogP contribution in [0.15, 0.2) is 42.9 Å². The summed E-state index contributed by atoms with van der Waals surface area (Å²) in [6.07, 6.45) is 9.87. The molecule has 22 heavy (non-hydrogen) atoms. The number of urea groups is 1. The fourth-order valence-corrected chi connectivity index (χ4v) is 2.75. The van der Waals surface area contributed by atoms with Crippen LogP contribution in [0.25, 0.3) is 11.3 Å². The van der Waals surface area contributed by atoms with Crippen LogP contribution in [0, 0.1) is 0 Å². The summed E-state index contributed by atoms with van der Waals surface area (Å²) in [6.45, 7) is 0.499. The molecule has 0 saturated heterocycles. The van der Waals surface area contributed by atoms with Gasteiger partial charge in [0.1, 0.15) is 0 Å². The van der Waals surface area contributed by atoms with Gasteiger partial charge in [0.25, 0.3) is 0 Å². The first-order valence-electron chi connectivity index (χ1n) is 7.71. The normalized spacial score (nSPS) is 14.7. The van der Waals surface area contributed by atoms with Crippen LogP contribution in [-0.2, 0) is 6.54 Å². The number of rotatable bonds is 4. The minimum Gasteiger partial charge on any atom is -0.335 e. The maximum Gasteiger partial charge on any atom is 0.315 e. The SMILES string of the molecule is O=C(NCc1ccnc(-c2ccncc2)c1)NC1CCCC1. The molecular formula is C17H20N4O. The van der Waals surface area contributed by atoms with Crippen LogP contribution in [0.3, 0.4) is 0 Å². The smallest absolute Gasteiger partial charge is 0.315 e. The summed E-state index contributed by atoms with van der Waals surface area (Å²) in [5, 5.41) is 5.94. The average Bonchev–Trinajstić information content (AvgIpc) is 3.07. The molecule has 0 aliphatic heterocycles. The van der Waals surface area contributed by atoms with E-state index in [1.807, 2.05) is 24.3 Å². The summed E-state index contributed by atoms with van der Waals surface area (Å²) in [6, 6.07) is 8.00. The van der Waals surface area contributed by atoms with Crippen molar-refractivity contribution in [3.63, 3.8) is 0 Å². The van der Waals surface area contributed by atoms with Crippen LogP contribution in [0.5, 0.6) is 0 Å². The van der Waals surface area contributed by atoms with E-state index in [2.05, 4.69) is 20.6 Å². The maximum atomic E-state index is 11.9. The summed E-state index contributed by atoms with van der Waals surface area (Å²) >= 11 is 0. The predicted octanol–water partition coefficient (Wildman–Crippen LogP) is 2.89. The van der Waals surface area contributed by atoms with Crippen molar-refractivity contribution in [2.75, 3.05) is 0 Å². The first kappa shape index (κ1) is 14.5. The Labute approximate surface area is 130 Å². The lowest BCUT2D eigenvalue weighted by atomic mass is 10.1. The first-order valence-corrected chi connectivity index (χ1v) is 7.71. The summed E-state index contributed by atoms with van der Waals surface area (Å²) in [7, 11) is 0. The fraction of sp³-hybridized carbons (Fsp3) is 0.353. The number of amides is 2. The molecule has 0 aromatic carbocycles. The summed E-state index contributed by atoms with van der Waals surface area (Å²) < 4.78 is 0. The van der Waals surface area contributed by atoms with E-state index < -0.39 is 0 Å². The summed E-state index contributed by atoms with van der Waals surface area (Å²) in [5.74, 6) is 0. The molecule has 2 N–H and O–H groups in total. The molecule has 1 aliphatic rings. The molecule has 1 fully saturated rings. The highest BCUT2D eigenvalue weighted by Gasteiger charge is 2.16. The van der Waals surface area contributed by atoms with Gasteiger partial charge in [0.15, 0.2) is 0 Å². The van der Waals surface area contributed by atoms with E-state index in [9.17, 15) is 4.79 Å². The maximum absolute atomic E-state index is 11.9. The zero-order valence-electron chi connectivity index (χ0n) is 12.5.